The van der Waals surface area contributed by atoms with Gasteiger partial charge in [0.25, 0.3) is 0 Å². The molecule has 0 radical (unpaired) electrons. The number of nitrogens with zero attached hydrogens (tertiary/aromatic N) is 2. The monoisotopic (exact) mass is 190 g/mol. The fourth-order valence-corrected chi connectivity index (χ4v) is 0.853. The van der Waals surface area contributed by atoms with Crippen LogP contribution in [0.15, 0.2) is 18.3 Å². The van der Waals surface area contributed by atoms with E-state index in [1.807, 2.05) is 0 Å². The van der Waals surface area contributed by atoms with E-state index >= 15 is 0 Å². The van der Waals surface area contributed by atoms with Crippen molar-refractivity contribution in [2.24, 2.45) is 0 Å². The third-order valence-corrected chi connectivity index (χ3v) is 1.55. The molecule has 2 nitrogen and oxygen atoms in total. The van der Waals surface area contributed by atoms with Crippen molar-refractivity contribution in [1.29, 1.82) is 0 Å². The van der Waals surface area contributed by atoms with Crippen LogP contribution in [0.2, 0.25) is 0 Å². The van der Waals surface area contributed by atoms with Gasteiger partial charge in [-0.1, -0.05) is 0 Å². The summed E-state index contributed by atoms with van der Waals surface area (Å²) < 4.78 is 36.5. The van der Waals surface area contributed by atoms with Crippen LogP contribution < -0.4 is 4.90 Å². The molecule has 5 heteroatoms. The van der Waals surface area contributed by atoms with Crippen LogP contribution in [-0.2, 0) is 6.18 Å². The molecule has 13 heavy (non-hydrogen) atoms. The van der Waals surface area contributed by atoms with E-state index in [4.69, 9.17) is 0 Å². The second-order valence-electron chi connectivity index (χ2n) is 2.79. The van der Waals surface area contributed by atoms with Crippen LogP contribution in [0.4, 0.5) is 18.9 Å². The summed E-state index contributed by atoms with van der Waals surface area (Å²) in [6.07, 6.45) is -3.22. The van der Waals surface area contributed by atoms with Crippen molar-refractivity contribution >= 4 is 5.69 Å². The molecule has 0 spiro atoms. The van der Waals surface area contributed by atoms with Crippen LogP contribution in [0.1, 0.15) is 5.69 Å². The van der Waals surface area contributed by atoms with Gasteiger partial charge in [-0.05, 0) is 12.1 Å². The van der Waals surface area contributed by atoms with Gasteiger partial charge in [-0.3, -0.25) is 4.98 Å². The van der Waals surface area contributed by atoms with Crippen molar-refractivity contribution in [2.45, 2.75) is 6.18 Å². The van der Waals surface area contributed by atoms with Gasteiger partial charge in [-0.2, -0.15) is 13.2 Å². The molecule has 0 aliphatic heterocycles. The number of rotatable bonds is 1. The van der Waals surface area contributed by atoms with E-state index in [-0.39, 0.29) is 0 Å². The molecule has 1 aromatic heterocycles. The van der Waals surface area contributed by atoms with Gasteiger partial charge < -0.3 is 4.90 Å². The first-order chi connectivity index (χ1) is 5.91. The molecule has 0 amide bonds. The first-order valence-corrected chi connectivity index (χ1v) is 3.62. The molecular weight excluding hydrogens is 181 g/mol. The molecule has 72 valence electrons. The first-order valence-electron chi connectivity index (χ1n) is 3.62. The summed E-state index contributed by atoms with van der Waals surface area (Å²) in [7, 11) is 3.35. The minimum atomic E-state index is -4.37. The second kappa shape index (κ2) is 3.24. The van der Waals surface area contributed by atoms with Crippen LogP contribution in [0.5, 0.6) is 0 Å². The minimum absolute atomic E-state index is 0.488. The molecule has 0 fully saturated rings. The van der Waals surface area contributed by atoms with Crippen molar-refractivity contribution in [2.75, 3.05) is 19.0 Å². The fraction of sp³-hybridized carbons (Fsp3) is 0.375. The van der Waals surface area contributed by atoms with Crippen molar-refractivity contribution in [3.63, 3.8) is 0 Å². The SMILES string of the molecule is CN(C)c1ccnc(C(F)(F)F)c1. The summed E-state index contributed by atoms with van der Waals surface area (Å²) in [6.45, 7) is 0. The normalized spacial score (nSPS) is 11.5. The third-order valence-electron chi connectivity index (χ3n) is 1.55. The molecule has 1 heterocycles. The topological polar surface area (TPSA) is 16.1 Å². The van der Waals surface area contributed by atoms with Gasteiger partial charge in [0.1, 0.15) is 5.69 Å². The van der Waals surface area contributed by atoms with Crippen LogP contribution in [-0.4, -0.2) is 19.1 Å². The predicted molar refractivity (Wildman–Crippen MR) is 43.6 cm³/mol. The highest BCUT2D eigenvalue weighted by molar-refractivity contribution is 5.45. The zero-order chi connectivity index (χ0) is 10.1. The summed E-state index contributed by atoms with van der Waals surface area (Å²) in [5.74, 6) is 0. The Bertz CT molecular complexity index is 294. The summed E-state index contributed by atoms with van der Waals surface area (Å²) >= 11 is 0. The van der Waals surface area contributed by atoms with Gasteiger partial charge in [0, 0.05) is 26.0 Å². The fourth-order valence-electron chi connectivity index (χ4n) is 0.853. The van der Waals surface area contributed by atoms with Gasteiger partial charge >= 0.3 is 6.18 Å². The number of aromatic nitrogens is 1. The Morgan fingerprint density at radius 1 is 1.31 bits per heavy atom. The average Bonchev–Trinajstić information content (AvgIpc) is 2.03. The van der Waals surface area contributed by atoms with Crippen LogP contribution >= 0.6 is 0 Å². The zero-order valence-electron chi connectivity index (χ0n) is 7.26. The highest BCUT2D eigenvalue weighted by Crippen LogP contribution is 2.29. The smallest absolute Gasteiger partial charge is 0.378 e. The number of anilines is 1. The molecule has 0 bridgehead atoms. The van der Waals surface area contributed by atoms with Gasteiger partial charge in [-0.15, -0.1) is 0 Å². The molecular formula is C8H9F3N2. The highest BCUT2D eigenvalue weighted by atomic mass is 19.4. The van der Waals surface area contributed by atoms with Crippen molar-refractivity contribution in [1.82, 2.24) is 4.98 Å². The number of hydrogen-bond acceptors (Lipinski definition) is 2. The summed E-state index contributed by atoms with van der Waals surface area (Å²) in [6, 6.07) is 2.54. The number of pyridine rings is 1. The lowest BCUT2D eigenvalue weighted by Gasteiger charge is -2.13. The van der Waals surface area contributed by atoms with Crippen LogP contribution in [0, 0.1) is 0 Å². The Hall–Kier alpha value is -1.26. The predicted octanol–water partition coefficient (Wildman–Crippen LogP) is 2.17. The molecule has 0 saturated carbocycles. The molecule has 0 saturated heterocycles. The maximum absolute atomic E-state index is 12.2. The van der Waals surface area contributed by atoms with E-state index in [0.29, 0.717) is 5.69 Å². The lowest BCUT2D eigenvalue weighted by molar-refractivity contribution is -0.141. The lowest BCUT2D eigenvalue weighted by Crippen LogP contribution is -2.12. The zero-order valence-corrected chi connectivity index (χ0v) is 7.26. The maximum atomic E-state index is 12.2. The van der Waals surface area contributed by atoms with Crippen molar-refractivity contribution in [3.8, 4) is 0 Å². The Kier molecular flexibility index (Phi) is 2.45. The van der Waals surface area contributed by atoms with Gasteiger partial charge in [-0.25, -0.2) is 0 Å². The first kappa shape index (κ1) is 9.83. The molecule has 0 aliphatic rings. The minimum Gasteiger partial charge on any atom is -0.378 e. The summed E-state index contributed by atoms with van der Waals surface area (Å²) in [5, 5.41) is 0. The van der Waals surface area contributed by atoms with Gasteiger partial charge in [0.2, 0.25) is 0 Å². The molecule has 0 aliphatic carbocycles. The average molecular weight is 190 g/mol. The standard InChI is InChI=1S/C8H9F3N2/c1-13(2)6-3-4-12-7(5-6)8(9,10)11/h3-5H,1-2H3. The van der Waals surface area contributed by atoms with Gasteiger partial charge in [0.15, 0.2) is 0 Å². The van der Waals surface area contributed by atoms with E-state index in [9.17, 15) is 13.2 Å². The van der Waals surface area contributed by atoms with Crippen LogP contribution in [0.3, 0.4) is 0 Å². The Labute approximate surface area is 74.0 Å². The summed E-state index contributed by atoms with van der Waals surface area (Å²) in [4.78, 5) is 4.84. The maximum Gasteiger partial charge on any atom is 0.433 e. The molecule has 0 atom stereocenters. The molecule has 1 rings (SSSR count). The lowest BCUT2D eigenvalue weighted by atomic mass is 10.3. The Balaban J connectivity index is 3.06. The Morgan fingerprint density at radius 3 is 2.38 bits per heavy atom. The number of halogens is 3. The molecule has 1 aromatic rings. The van der Waals surface area contributed by atoms with E-state index in [1.165, 1.54) is 6.07 Å². The van der Waals surface area contributed by atoms with E-state index < -0.39 is 11.9 Å². The Morgan fingerprint density at radius 2 is 1.92 bits per heavy atom. The number of alkyl halides is 3. The van der Waals surface area contributed by atoms with E-state index in [0.717, 1.165) is 12.3 Å². The van der Waals surface area contributed by atoms with Crippen molar-refractivity contribution < 1.29 is 13.2 Å². The second-order valence-corrected chi connectivity index (χ2v) is 2.79. The van der Waals surface area contributed by atoms with E-state index in [2.05, 4.69) is 4.98 Å². The molecule has 0 unspecified atom stereocenters. The largest absolute Gasteiger partial charge is 0.433 e. The van der Waals surface area contributed by atoms with Gasteiger partial charge in [0.05, 0.1) is 0 Å². The summed E-state index contributed by atoms with van der Waals surface area (Å²) in [5.41, 5.74) is -0.374. The van der Waals surface area contributed by atoms with Crippen LogP contribution in [0.25, 0.3) is 0 Å². The van der Waals surface area contributed by atoms with Crippen molar-refractivity contribution in [3.05, 3.63) is 24.0 Å². The third kappa shape index (κ3) is 2.34. The van der Waals surface area contributed by atoms with E-state index in [1.54, 1.807) is 19.0 Å². The highest BCUT2D eigenvalue weighted by Gasteiger charge is 2.32. The quantitative estimate of drug-likeness (QED) is 0.674. The molecule has 0 N–H and O–H groups in total. The molecule has 0 aromatic carbocycles. The number of hydrogen-bond donors (Lipinski definition) is 0.